The predicted octanol–water partition coefficient (Wildman–Crippen LogP) is 1.38. The second kappa shape index (κ2) is 3.68. The Morgan fingerprint density at radius 1 is 1.70 bits per heavy atom. The molecule has 1 N–H and O–H groups in total. The number of thiazole rings is 1. The molecular formula is C7H11NOS. The van der Waals surface area contributed by atoms with E-state index in [4.69, 9.17) is 5.11 Å². The monoisotopic (exact) mass is 157 g/mol. The van der Waals surface area contributed by atoms with Crippen LogP contribution in [0.3, 0.4) is 0 Å². The van der Waals surface area contributed by atoms with Gasteiger partial charge in [0.1, 0.15) is 0 Å². The van der Waals surface area contributed by atoms with Crippen LogP contribution < -0.4 is 0 Å². The molecule has 0 amide bonds. The lowest BCUT2D eigenvalue weighted by molar-refractivity contribution is 0.289. The summed E-state index contributed by atoms with van der Waals surface area (Å²) in [5, 5.41) is 9.62. The fraction of sp³-hybridized carbons (Fsp3) is 0.571. The Bertz CT molecular complexity index is 197. The van der Waals surface area contributed by atoms with Crippen molar-refractivity contribution >= 4 is 11.3 Å². The SMILES string of the molecule is Cc1ncc(CCCO)s1. The third-order valence-electron chi connectivity index (χ3n) is 1.25. The third kappa shape index (κ3) is 2.08. The first-order chi connectivity index (χ1) is 4.83. The highest BCUT2D eigenvalue weighted by atomic mass is 32.1. The molecule has 0 saturated carbocycles. The van der Waals surface area contributed by atoms with Gasteiger partial charge in [0, 0.05) is 17.7 Å². The van der Waals surface area contributed by atoms with Crippen LogP contribution in [0.2, 0.25) is 0 Å². The summed E-state index contributed by atoms with van der Waals surface area (Å²) in [6.07, 6.45) is 3.69. The van der Waals surface area contributed by atoms with E-state index in [0.29, 0.717) is 0 Å². The van der Waals surface area contributed by atoms with E-state index in [-0.39, 0.29) is 6.61 Å². The van der Waals surface area contributed by atoms with Gasteiger partial charge in [0.25, 0.3) is 0 Å². The van der Waals surface area contributed by atoms with Crippen molar-refractivity contribution in [2.45, 2.75) is 19.8 Å². The minimum Gasteiger partial charge on any atom is -0.396 e. The molecule has 10 heavy (non-hydrogen) atoms. The standard InChI is InChI=1S/C7H11NOS/c1-6-8-5-7(10-6)3-2-4-9/h5,9H,2-4H2,1H3. The third-order valence-corrected chi connectivity index (χ3v) is 2.22. The first-order valence-corrected chi connectivity index (χ1v) is 4.17. The summed E-state index contributed by atoms with van der Waals surface area (Å²) in [7, 11) is 0. The van der Waals surface area contributed by atoms with Crippen LogP contribution in [-0.4, -0.2) is 16.7 Å². The molecule has 1 heterocycles. The molecule has 1 aromatic rings. The van der Waals surface area contributed by atoms with Crippen molar-refractivity contribution in [3.05, 3.63) is 16.1 Å². The van der Waals surface area contributed by atoms with Crippen molar-refractivity contribution in [2.75, 3.05) is 6.61 Å². The summed E-state index contributed by atoms with van der Waals surface area (Å²) in [6, 6.07) is 0. The number of nitrogens with zero attached hydrogens (tertiary/aromatic N) is 1. The van der Waals surface area contributed by atoms with Crippen LogP contribution in [0.1, 0.15) is 16.3 Å². The Morgan fingerprint density at radius 2 is 2.50 bits per heavy atom. The fourth-order valence-corrected chi connectivity index (χ4v) is 1.61. The van der Waals surface area contributed by atoms with Crippen molar-refractivity contribution in [1.82, 2.24) is 4.98 Å². The Morgan fingerprint density at radius 3 is 3.00 bits per heavy atom. The molecule has 0 radical (unpaired) electrons. The van der Waals surface area contributed by atoms with E-state index >= 15 is 0 Å². The summed E-state index contributed by atoms with van der Waals surface area (Å²) < 4.78 is 0. The number of aliphatic hydroxyl groups excluding tert-OH is 1. The average Bonchev–Trinajstić information content (AvgIpc) is 2.31. The van der Waals surface area contributed by atoms with Gasteiger partial charge in [0.05, 0.1) is 5.01 Å². The number of aromatic nitrogens is 1. The van der Waals surface area contributed by atoms with E-state index in [9.17, 15) is 0 Å². The normalized spacial score (nSPS) is 10.2. The van der Waals surface area contributed by atoms with Crippen LogP contribution in [0.5, 0.6) is 0 Å². The number of rotatable bonds is 3. The van der Waals surface area contributed by atoms with Gasteiger partial charge in [-0.1, -0.05) is 0 Å². The first kappa shape index (κ1) is 7.69. The lowest BCUT2D eigenvalue weighted by Gasteiger charge is -1.89. The van der Waals surface area contributed by atoms with E-state index in [0.717, 1.165) is 17.8 Å². The van der Waals surface area contributed by atoms with Crippen molar-refractivity contribution in [2.24, 2.45) is 0 Å². The number of aryl methyl sites for hydroxylation is 2. The maximum absolute atomic E-state index is 8.52. The highest BCUT2D eigenvalue weighted by Crippen LogP contribution is 2.12. The molecule has 0 atom stereocenters. The van der Waals surface area contributed by atoms with E-state index in [1.54, 1.807) is 11.3 Å². The quantitative estimate of drug-likeness (QED) is 0.719. The van der Waals surface area contributed by atoms with Crippen LogP contribution >= 0.6 is 11.3 Å². The summed E-state index contributed by atoms with van der Waals surface area (Å²) in [5.74, 6) is 0. The molecule has 1 rings (SSSR count). The summed E-state index contributed by atoms with van der Waals surface area (Å²) in [4.78, 5) is 5.38. The fourth-order valence-electron chi connectivity index (χ4n) is 0.774. The molecule has 0 spiro atoms. The van der Waals surface area contributed by atoms with Crippen LogP contribution in [-0.2, 0) is 6.42 Å². The van der Waals surface area contributed by atoms with E-state index in [1.807, 2.05) is 13.1 Å². The van der Waals surface area contributed by atoms with Gasteiger partial charge in [0.2, 0.25) is 0 Å². The number of aliphatic hydroxyl groups is 1. The van der Waals surface area contributed by atoms with Gasteiger partial charge in [0.15, 0.2) is 0 Å². The topological polar surface area (TPSA) is 33.1 Å². The molecule has 0 aliphatic carbocycles. The van der Waals surface area contributed by atoms with Crippen LogP contribution in [0.4, 0.5) is 0 Å². The largest absolute Gasteiger partial charge is 0.396 e. The van der Waals surface area contributed by atoms with Crippen molar-refractivity contribution in [3.8, 4) is 0 Å². The van der Waals surface area contributed by atoms with E-state index in [1.165, 1.54) is 4.88 Å². The highest BCUT2D eigenvalue weighted by Gasteiger charge is 1.95. The van der Waals surface area contributed by atoms with Crippen LogP contribution in [0.15, 0.2) is 6.20 Å². The first-order valence-electron chi connectivity index (χ1n) is 3.35. The zero-order valence-electron chi connectivity index (χ0n) is 6.00. The predicted molar refractivity (Wildman–Crippen MR) is 42.3 cm³/mol. The lowest BCUT2D eigenvalue weighted by atomic mass is 10.3. The lowest BCUT2D eigenvalue weighted by Crippen LogP contribution is -1.84. The minimum absolute atomic E-state index is 0.275. The summed E-state index contributed by atoms with van der Waals surface area (Å²) in [5.41, 5.74) is 0. The van der Waals surface area contributed by atoms with Gasteiger partial charge in [-0.3, -0.25) is 0 Å². The zero-order valence-corrected chi connectivity index (χ0v) is 6.82. The van der Waals surface area contributed by atoms with Gasteiger partial charge in [-0.15, -0.1) is 11.3 Å². The van der Waals surface area contributed by atoms with Gasteiger partial charge in [-0.2, -0.15) is 0 Å². The molecule has 0 bridgehead atoms. The number of hydrogen-bond acceptors (Lipinski definition) is 3. The minimum atomic E-state index is 0.275. The van der Waals surface area contributed by atoms with Crippen LogP contribution in [0.25, 0.3) is 0 Å². The molecule has 1 aromatic heterocycles. The van der Waals surface area contributed by atoms with Crippen molar-refractivity contribution in [3.63, 3.8) is 0 Å². The maximum atomic E-state index is 8.52. The van der Waals surface area contributed by atoms with Crippen molar-refractivity contribution in [1.29, 1.82) is 0 Å². The molecule has 2 nitrogen and oxygen atoms in total. The molecule has 0 saturated heterocycles. The van der Waals surface area contributed by atoms with Gasteiger partial charge < -0.3 is 5.11 Å². The molecule has 0 unspecified atom stereocenters. The molecule has 0 aromatic carbocycles. The molecule has 56 valence electrons. The maximum Gasteiger partial charge on any atom is 0.0896 e. The van der Waals surface area contributed by atoms with E-state index < -0.39 is 0 Å². The van der Waals surface area contributed by atoms with Gasteiger partial charge >= 0.3 is 0 Å². The van der Waals surface area contributed by atoms with E-state index in [2.05, 4.69) is 4.98 Å². The molecule has 0 fully saturated rings. The number of hydrogen-bond donors (Lipinski definition) is 1. The highest BCUT2D eigenvalue weighted by molar-refractivity contribution is 7.11. The summed E-state index contributed by atoms with van der Waals surface area (Å²) >= 11 is 1.71. The molecule has 0 aliphatic rings. The Labute approximate surface area is 64.5 Å². The average molecular weight is 157 g/mol. The molecule has 0 aliphatic heterocycles. The second-order valence-corrected chi connectivity index (χ2v) is 3.49. The second-order valence-electron chi connectivity index (χ2n) is 2.17. The molecule has 3 heteroatoms. The Hall–Kier alpha value is -0.410. The zero-order chi connectivity index (χ0) is 7.40. The van der Waals surface area contributed by atoms with Crippen molar-refractivity contribution < 1.29 is 5.11 Å². The molecular weight excluding hydrogens is 146 g/mol. The Kier molecular flexibility index (Phi) is 2.83. The summed E-state index contributed by atoms with van der Waals surface area (Å²) in [6.45, 7) is 2.27. The Balaban J connectivity index is 2.42. The van der Waals surface area contributed by atoms with Gasteiger partial charge in [-0.05, 0) is 19.8 Å². The smallest absolute Gasteiger partial charge is 0.0896 e. The van der Waals surface area contributed by atoms with Crippen LogP contribution in [0, 0.1) is 6.92 Å². The van der Waals surface area contributed by atoms with Gasteiger partial charge in [-0.25, -0.2) is 4.98 Å².